The number of ether oxygens (including phenoxy) is 2. The number of aliphatic hydroxyl groups is 1. The third-order valence-electron chi connectivity index (χ3n) is 6.92. The van der Waals surface area contributed by atoms with E-state index >= 15 is 0 Å². The molecule has 0 aliphatic carbocycles. The van der Waals surface area contributed by atoms with Gasteiger partial charge in [0, 0.05) is 48.1 Å². The minimum atomic E-state index is -0.891. The maximum absolute atomic E-state index is 14.6. The molecule has 5 rings (SSSR count). The summed E-state index contributed by atoms with van der Waals surface area (Å²) in [5.41, 5.74) is 3.63. The number of hydrogen-bond acceptors (Lipinski definition) is 6. The van der Waals surface area contributed by atoms with E-state index in [9.17, 15) is 18.4 Å². The minimum Gasteiger partial charge on any atom is -0.491 e. The molecule has 10 heteroatoms. The Kier molecular flexibility index (Phi) is 8.31. The molecule has 0 fully saturated rings. The molecule has 1 amide bonds. The highest BCUT2D eigenvalue weighted by atomic mass is 19.1. The molecular weight excluding hydrogens is 558 g/mol. The molecular formula is C33H30F2N2O6. The maximum Gasteiger partial charge on any atom is 0.261 e. The number of benzene rings is 3. The number of hydrogen-bond donors (Lipinski definition) is 2. The fourth-order valence-electron chi connectivity index (χ4n) is 4.89. The number of carbonyl (C=O) groups is 1. The molecule has 0 atom stereocenters. The Labute approximate surface area is 246 Å². The molecule has 0 saturated carbocycles. The van der Waals surface area contributed by atoms with E-state index in [2.05, 4.69) is 5.32 Å². The topological polar surface area (TPSA) is 103 Å². The molecule has 2 heterocycles. The lowest BCUT2D eigenvalue weighted by Gasteiger charge is -2.15. The van der Waals surface area contributed by atoms with Gasteiger partial charge >= 0.3 is 0 Å². The Bertz CT molecular complexity index is 1890. The quantitative estimate of drug-likeness (QED) is 0.195. The number of furan rings is 1. The summed E-state index contributed by atoms with van der Waals surface area (Å²) in [6.07, 6.45) is 1.83. The zero-order valence-corrected chi connectivity index (χ0v) is 24.1. The van der Waals surface area contributed by atoms with Crippen LogP contribution in [0.4, 0.5) is 14.5 Å². The number of nitrogens with one attached hydrogen (secondary N) is 1. The molecule has 0 aliphatic heterocycles. The Morgan fingerprint density at radius 1 is 1.00 bits per heavy atom. The van der Waals surface area contributed by atoms with Crippen molar-refractivity contribution >= 4 is 22.6 Å². The van der Waals surface area contributed by atoms with Crippen LogP contribution in [0.3, 0.4) is 0 Å². The lowest BCUT2D eigenvalue weighted by atomic mass is 10.0. The van der Waals surface area contributed by atoms with Crippen molar-refractivity contribution in [1.82, 2.24) is 4.57 Å². The van der Waals surface area contributed by atoms with Crippen molar-refractivity contribution in [2.45, 2.75) is 27.2 Å². The SMILES string of the molecule is CCC(=O)Nc1ccc(Oc2ccc(F)cc2F)c(-c2cn(C)c(=O)c3cc(-c4cc(C)c(OCCO)c(C)c4)oc23)c1. The average Bonchev–Trinajstić information content (AvgIpc) is 3.42. The van der Waals surface area contributed by atoms with E-state index in [0.29, 0.717) is 39.3 Å². The van der Waals surface area contributed by atoms with E-state index in [1.165, 1.54) is 10.6 Å². The molecule has 2 N–H and O–H groups in total. The van der Waals surface area contributed by atoms with Crippen LogP contribution in [0, 0.1) is 25.5 Å². The zero-order chi connectivity index (χ0) is 30.8. The number of amides is 1. The first kappa shape index (κ1) is 29.5. The summed E-state index contributed by atoms with van der Waals surface area (Å²) in [4.78, 5) is 25.4. The number of pyridine rings is 1. The second-order valence-electron chi connectivity index (χ2n) is 10.1. The van der Waals surface area contributed by atoms with Gasteiger partial charge in [0.05, 0.1) is 12.0 Å². The predicted molar refractivity (Wildman–Crippen MR) is 160 cm³/mol. The molecule has 222 valence electrons. The highest BCUT2D eigenvalue weighted by Gasteiger charge is 2.21. The molecule has 0 unspecified atom stereocenters. The summed E-state index contributed by atoms with van der Waals surface area (Å²) >= 11 is 0. The fourth-order valence-corrected chi connectivity index (χ4v) is 4.89. The number of rotatable bonds is 9. The van der Waals surface area contributed by atoms with Gasteiger partial charge in [-0.3, -0.25) is 9.59 Å². The van der Waals surface area contributed by atoms with Crippen molar-refractivity contribution in [1.29, 1.82) is 0 Å². The molecule has 0 aliphatic rings. The summed E-state index contributed by atoms with van der Waals surface area (Å²) in [5, 5.41) is 12.3. The standard InChI is InChI=1S/C33H30F2N2O6/c1-5-30(39)36-22-7-9-27(42-28-8-6-21(34)14-26(28)35)23(15-22)25-17-37(4)33(40)24-16-29(43-32(24)25)20-12-18(2)31(19(3)13-20)41-11-10-38/h6-9,12-17,38H,5,10-11H2,1-4H3,(H,36,39). The fraction of sp³-hybridized carbons (Fsp3) is 0.212. The number of aromatic nitrogens is 1. The third-order valence-corrected chi connectivity index (χ3v) is 6.92. The van der Waals surface area contributed by atoms with Crippen LogP contribution in [0.25, 0.3) is 33.4 Å². The van der Waals surface area contributed by atoms with Crippen molar-refractivity contribution in [3.63, 3.8) is 0 Å². The number of halogens is 2. The van der Waals surface area contributed by atoms with Crippen molar-refractivity contribution in [2.75, 3.05) is 18.5 Å². The van der Waals surface area contributed by atoms with Gasteiger partial charge in [-0.05, 0) is 73.5 Å². The number of carbonyl (C=O) groups excluding carboxylic acids is 1. The second kappa shape index (κ2) is 12.1. The Morgan fingerprint density at radius 2 is 1.72 bits per heavy atom. The molecule has 0 spiro atoms. The zero-order valence-electron chi connectivity index (χ0n) is 24.1. The van der Waals surface area contributed by atoms with Crippen molar-refractivity contribution in [2.24, 2.45) is 7.05 Å². The van der Waals surface area contributed by atoms with Crippen LogP contribution >= 0.6 is 0 Å². The summed E-state index contributed by atoms with van der Waals surface area (Å²) in [7, 11) is 1.60. The van der Waals surface area contributed by atoms with Crippen LogP contribution in [0.2, 0.25) is 0 Å². The van der Waals surface area contributed by atoms with E-state index in [1.807, 2.05) is 26.0 Å². The number of aliphatic hydroxyl groups excluding tert-OH is 1. The van der Waals surface area contributed by atoms with Gasteiger partial charge in [-0.1, -0.05) is 6.92 Å². The molecule has 2 aromatic heterocycles. The summed E-state index contributed by atoms with van der Waals surface area (Å²) < 4.78 is 47.5. The van der Waals surface area contributed by atoms with Gasteiger partial charge in [-0.2, -0.15) is 0 Å². The van der Waals surface area contributed by atoms with E-state index in [4.69, 9.17) is 19.0 Å². The van der Waals surface area contributed by atoms with E-state index < -0.39 is 11.6 Å². The van der Waals surface area contributed by atoms with Gasteiger partial charge in [0.15, 0.2) is 11.6 Å². The monoisotopic (exact) mass is 588 g/mol. The molecule has 8 nitrogen and oxygen atoms in total. The van der Waals surface area contributed by atoms with E-state index in [-0.39, 0.29) is 48.2 Å². The van der Waals surface area contributed by atoms with Crippen LogP contribution in [0.1, 0.15) is 24.5 Å². The van der Waals surface area contributed by atoms with Crippen LogP contribution in [-0.4, -0.2) is 28.8 Å². The van der Waals surface area contributed by atoms with Crippen molar-refractivity contribution < 1.29 is 32.6 Å². The average molecular weight is 589 g/mol. The first-order valence-corrected chi connectivity index (χ1v) is 13.6. The van der Waals surface area contributed by atoms with Gasteiger partial charge in [0.25, 0.3) is 5.56 Å². The number of nitrogens with zero attached hydrogens (tertiary/aromatic N) is 1. The molecule has 0 bridgehead atoms. The normalized spacial score (nSPS) is 11.1. The minimum absolute atomic E-state index is 0.112. The maximum atomic E-state index is 14.6. The van der Waals surface area contributed by atoms with E-state index in [1.54, 1.807) is 44.4 Å². The Morgan fingerprint density at radius 3 is 2.40 bits per heavy atom. The number of anilines is 1. The predicted octanol–water partition coefficient (Wildman–Crippen LogP) is 6.87. The number of fused-ring (bicyclic) bond motifs is 1. The Balaban J connectivity index is 1.69. The lowest BCUT2D eigenvalue weighted by molar-refractivity contribution is -0.115. The number of aryl methyl sites for hydroxylation is 3. The van der Waals surface area contributed by atoms with Crippen molar-refractivity contribution in [3.8, 4) is 39.7 Å². The van der Waals surface area contributed by atoms with Crippen LogP contribution < -0.4 is 20.3 Å². The molecule has 43 heavy (non-hydrogen) atoms. The summed E-state index contributed by atoms with van der Waals surface area (Å²) in [6.45, 7) is 5.53. The van der Waals surface area contributed by atoms with Crippen molar-refractivity contribution in [3.05, 3.63) is 93.9 Å². The lowest BCUT2D eigenvalue weighted by Crippen LogP contribution is -2.15. The van der Waals surface area contributed by atoms with Gasteiger partial charge in [0.2, 0.25) is 5.91 Å². The third kappa shape index (κ3) is 6.00. The highest BCUT2D eigenvalue weighted by molar-refractivity contribution is 5.97. The van der Waals surface area contributed by atoms with Crippen LogP contribution in [-0.2, 0) is 11.8 Å². The van der Waals surface area contributed by atoms with Gasteiger partial charge in [0.1, 0.15) is 35.3 Å². The Hall–Kier alpha value is -4.96. The highest BCUT2D eigenvalue weighted by Crippen LogP contribution is 2.41. The largest absolute Gasteiger partial charge is 0.491 e. The molecule has 5 aromatic rings. The second-order valence-corrected chi connectivity index (χ2v) is 10.1. The van der Waals surface area contributed by atoms with Crippen LogP contribution in [0.5, 0.6) is 17.2 Å². The first-order valence-electron chi connectivity index (χ1n) is 13.6. The van der Waals surface area contributed by atoms with Gasteiger partial charge in [-0.15, -0.1) is 0 Å². The molecule has 0 saturated heterocycles. The first-order chi connectivity index (χ1) is 20.6. The molecule has 0 radical (unpaired) electrons. The van der Waals surface area contributed by atoms with Gasteiger partial charge < -0.3 is 28.9 Å². The summed E-state index contributed by atoms with van der Waals surface area (Å²) in [5.74, 6) is -0.777. The van der Waals surface area contributed by atoms with E-state index in [0.717, 1.165) is 23.3 Å². The summed E-state index contributed by atoms with van der Waals surface area (Å²) in [6, 6.07) is 13.2. The van der Waals surface area contributed by atoms with Crippen LogP contribution in [0.15, 0.2) is 70.0 Å². The smallest absolute Gasteiger partial charge is 0.261 e. The van der Waals surface area contributed by atoms with Gasteiger partial charge in [-0.25, -0.2) is 8.78 Å². The molecule has 3 aromatic carbocycles.